The molecule has 1 rings (SSSR count). The minimum Gasteiger partial charge on any atom is -0.383 e. The molecule has 5 heteroatoms. The Labute approximate surface area is 81.1 Å². The fraction of sp³-hybridized carbons (Fsp3) is 0.333. The van der Waals surface area contributed by atoms with Crippen LogP contribution in [0.15, 0.2) is 18.2 Å². The molecule has 14 heavy (non-hydrogen) atoms. The minimum atomic E-state index is -0.878. The van der Waals surface area contributed by atoms with Gasteiger partial charge in [0.25, 0.3) is 0 Å². The van der Waals surface area contributed by atoms with Gasteiger partial charge in [0.15, 0.2) is 11.6 Å². The van der Waals surface area contributed by atoms with Gasteiger partial charge in [-0.1, -0.05) is 0 Å². The second-order valence-corrected chi connectivity index (χ2v) is 3.01. The normalized spacial score (nSPS) is 12.6. The maximum atomic E-state index is 12.7. The van der Waals surface area contributed by atoms with Crippen molar-refractivity contribution in [2.75, 3.05) is 18.4 Å². The first kappa shape index (κ1) is 10.9. The minimum absolute atomic E-state index is 0.192. The van der Waals surface area contributed by atoms with Crippen molar-refractivity contribution >= 4 is 5.69 Å². The number of hydrogen-bond donors (Lipinski definition) is 3. The average Bonchev–Trinajstić information content (AvgIpc) is 2.19. The molecule has 0 fully saturated rings. The van der Waals surface area contributed by atoms with E-state index in [-0.39, 0.29) is 6.04 Å². The summed E-state index contributed by atoms with van der Waals surface area (Å²) < 4.78 is 25.2. The van der Waals surface area contributed by atoms with Crippen LogP contribution >= 0.6 is 0 Å². The summed E-state index contributed by atoms with van der Waals surface area (Å²) in [5, 5.41) is 2.85. The molecule has 0 spiro atoms. The standard InChI is InChI=1S/C9H13F2N3/c10-8-2-1-7(3-9(8)11)14-5-6(13)4-12/h1-3,6,14H,4-5,12-13H2. The van der Waals surface area contributed by atoms with Crippen LogP contribution < -0.4 is 16.8 Å². The van der Waals surface area contributed by atoms with Crippen molar-refractivity contribution in [3.05, 3.63) is 29.8 Å². The first-order chi connectivity index (χ1) is 6.63. The Bertz CT molecular complexity index is 304. The molecule has 1 atom stereocenters. The molecule has 0 aliphatic rings. The van der Waals surface area contributed by atoms with Gasteiger partial charge in [-0.15, -0.1) is 0 Å². The Balaban J connectivity index is 2.55. The highest BCUT2D eigenvalue weighted by molar-refractivity contribution is 5.43. The molecule has 0 radical (unpaired) electrons. The van der Waals surface area contributed by atoms with Gasteiger partial charge in [0.1, 0.15) is 0 Å². The van der Waals surface area contributed by atoms with Gasteiger partial charge in [0.2, 0.25) is 0 Å². The number of hydrogen-bond acceptors (Lipinski definition) is 3. The van der Waals surface area contributed by atoms with E-state index in [1.54, 1.807) is 0 Å². The molecule has 3 nitrogen and oxygen atoms in total. The highest BCUT2D eigenvalue weighted by atomic mass is 19.2. The monoisotopic (exact) mass is 201 g/mol. The quantitative estimate of drug-likeness (QED) is 0.670. The molecule has 78 valence electrons. The van der Waals surface area contributed by atoms with Crippen LogP contribution in [0.25, 0.3) is 0 Å². The number of halogens is 2. The fourth-order valence-electron chi connectivity index (χ4n) is 0.938. The lowest BCUT2D eigenvalue weighted by Crippen LogP contribution is -2.36. The van der Waals surface area contributed by atoms with E-state index < -0.39 is 11.6 Å². The Morgan fingerprint density at radius 2 is 2.00 bits per heavy atom. The summed E-state index contributed by atoms with van der Waals surface area (Å²) in [7, 11) is 0. The SMILES string of the molecule is NCC(N)CNc1ccc(F)c(F)c1. The number of rotatable bonds is 4. The van der Waals surface area contributed by atoms with Gasteiger partial charge >= 0.3 is 0 Å². The first-order valence-electron chi connectivity index (χ1n) is 4.28. The topological polar surface area (TPSA) is 64.1 Å². The molecule has 5 N–H and O–H groups in total. The summed E-state index contributed by atoms with van der Waals surface area (Å²) >= 11 is 0. The van der Waals surface area contributed by atoms with Crippen molar-refractivity contribution in [1.29, 1.82) is 0 Å². The van der Waals surface area contributed by atoms with Crippen LogP contribution in [-0.4, -0.2) is 19.1 Å². The largest absolute Gasteiger partial charge is 0.383 e. The molecule has 0 aromatic heterocycles. The molecule has 0 aliphatic carbocycles. The zero-order valence-corrected chi connectivity index (χ0v) is 7.63. The molecular formula is C9H13F2N3. The van der Waals surface area contributed by atoms with Crippen LogP contribution in [0.2, 0.25) is 0 Å². The lowest BCUT2D eigenvalue weighted by Gasteiger charge is -2.11. The zero-order chi connectivity index (χ0) is 10.6. The highest BCUT2D eigenvalue weighted by Gasteiger charge is 2.03. The van der Waals surface area contributed by atoms with Gasteiger partial charge in [0.05, 0.1) is 0 Å². The molecule has 1 aromatic carbocycles. The fourth-order valence-corrected chi connectivity index (χ4v) is 0.938. The molecule has 0 amide bonds. The predicted molar refractivity (Wildman–Crippen MR) is 51.9 cm³/mol. The van der Waals surface area contributed by atoms with Crippen molar-refractivity contribution in [3.63, 3.8) is 0 Å². The van der Waals surface area contributed by atoms with E-state index >= 15 is 0 Å². The summed E-state index contributed by atoms with van der Waals surface area (Å²) in [6.07, 6.45) is 0. The van der Waals surface area contributed by atoms with Gasteiger partial charge in [-0.2, -0.15) is 0 Å². The van der Waals surface area contributed by atoms with Crippen molar-refractivity contribution in [2.24, 2.45) is 11.5 Å². The van der Waals surface area contributed by atoms with E-state index in [9.17, 15) is 8.78 Å². The van der Waals surface area contributed by atoms with Crippen molar-refractivity contribution in [2.45, 2.75) is 6.04 Å². The van der Waals surface area contributed by atoms with E-state index in [0.29, 0.717) is 18.8 Å². The molecule has 1 aromatic rings. The number of nitrogens with two attached hydrogens (primary N) is 2. The summed E-state index contributed by atoms with van der Waals surface area (Å²) in [5.74, 6) is -1.74. The highest BCUT2D eigenvalue weighted by Crippen LogP contribution is 2.12. The van der Waals surface area contributed by atoms with Gasteiger partial charge in [0, 0.05) is 24.8 Å². The first-order valence-corrected chi connectivity index (χ1v) is 4.28. The Hall–Kier alpha value is -1.20. The maximum absolute atomic E-state index is 12.7. The molecule has 0 aliphatic heterocycles. The van der Waals surface area contributed by atoms with Crippen LogP contribution in [0.5, 0.6) is 0 Å². The molecule has 0 heterocycles. The van der Waals surface area contributed by atoms with E-state index in [4.69, 9.17) is 11.5 Å². The van der Waals surface area contributed by atoms with Crippen molar-refractivity contribution in [3.8, 4) is 0 Å². The number of nitrogens with one attached hydrogen (secondary N) is 1. The van der Waals surface area contributed by atoms with E-state index in [1.165, 1.54) is 6.07 Å². The lowest BCUT2D eigenvalue weighted by atomic mass is 10.2. The van der Waals surface area contributed by atoms with Crippen LogP contribution in [0, 0.1) is 11.6 Å². The number of anilines is 1. The third-order valence-electron chi connectivity index (χ3n) is 1.79. The predicted octanol–water partition coefficient (Wildman–Crippen LogP) is 0.663. The van der Waals surface area contributed by atoms with E-state index in [1.807, 2.05) is 0 Å². The second kappa shape index (κ2) is 4.88. The van der Waals surface area contributed by atoms with Crippen LogP contribution in [0.4, 0.5) is 14.5 Å². The summed E-state index contributed by atoms with van der Waals surface area (Å²) in [5.41, 5.74) is 11.3. The summed E-state index contributed by atoms with van der Waals surface area (Å²) in [6.45, 7) is 0.776. The zero-order valence-electron chi connectivity index (χ0n) is 7.63. The van der Waals surface area contributed by atoms with Gasteiger partial charge in [-0.05, 0) is 18.2 Å². The summed E-state index contributed by atoms with van der Waals surface area (Å²) in [4.78, 5) is 0. The smallest absolute Gasteiger partial charge is 0.160 e. The van der Waals surface area contributed by atoms with Gasteiger partial charge in [-0.3, -0.25) is 0 Å². The Kier molecular flexibility index (Phi) is 3.79. The summed E-state index contributed by atoms with van der Waals surface area (Å²) in [6, 6.07) is 3.40. The molecule has 0 saturated carbocycles. The molecule has 0 bridgehead atoms. The van der Waals surface area contributed by atoms with Crippen LogP contribution in [0.3, 0.4) is 0 Å². The van der Waals surface area contributed by atoms with Gasteiger partial charge < -0.3 is 16.8 Å². The van der Waals surface area contributed by atoms with Gasteiger partial charge in [-0.25, -0.2) is 8.78 Å². The number of benzene rings is 1. The lowest BCUT2D eigenvalue weighted by molar-refractivity contribution is 0.509. The van der Waals surface area contributed by atoms with E-state index in [2.05, 4.69) is 5.32 Å². The maximum Gasteiger partial charge on any atom is 0.160 e. The molecular weight excluding hydrogens is 188 g/mol. The Morgan fingerprint density at radius 3 is 2.57 bits per heavy atom. The average molecular weight is 201 g/mol. The van der Waals surface area contributed by atoms with E-state index in [0.717, 1.165) is 12.1 Å². The second-order valence-electron chi connectivity index (χ2n) is 3.01. The van der Waals surface area contributed by atoms with Crippen molar-refractivity contribution in [1.82, 2.24) is 0 Å². The third-order valence-corrected chi connectivity index (χ3v) is 1.79. The molecule has 0 saturated heterocycles. The van der Waals surface area contributed by atoms with Crippen LogP contribution in [0.1, 0.15) is 0 Å². The van der Waals surface area contributed by atoms with Crippen LogP contribution in [-0.2, 0) is 0 Å². The third kappa shape index (κ3) is 2.93. The van der Waals surface area contributed by atoms with Crippen molar-refractivity contribution < 1.29 is 8.78 Å². The molecule has 1 unspecified atom stereocenters. The Morgan fingerprint density at radius 1 is 1.29 bits per heavy atom.